The molecule has 0 spiro atoms. The van der Waals surface area contributed by atoms with Gasteiger partial charge in [0.05, 0.1) is 18.2 Å². The van der Waals surface area contributed by atoms with Gasteiger partial charge in [-0.1, -0.05) is 0 Å². The second kappa shape index (κ2) is 6.80. The molecule has 0 fully saturated rings. The van der Waals surface area contributed by atoms with Crippen LogP contribution in [-0.4, -0.2) is 22.8 Å². The zero-order chi connectivity index (χ0) is 17.2. The third kappa shape index (κ3) is 3.09. The van der Waals surface area contributed by atoms with Crippen LogP contribution in [0.2, 0.25) is 0 Å². The summed E-state index contributed by atoms with van der Waals surface area (Å²) in [5, 5.41) is 5.69. The fourth-order valence-electron chi connectivity index (χ4n) is 3.21. The predicted octanol–water partition coefficient (Wildman–Crippen LogP) is 4.41. The monoisotopic (exact) mass is 352 g/mol. The first-order chi connectivity index (χ1) is 12.3. The summed E-state index contributed by atoms with van der Waals surface area (Å²) in [6.45, 7) is 1.98. The van der Waals surface area contributed by atoms with Crippen LogP contribution in [0.25, 0.3) is 10.2 Å². The molecule has 1 aliphatic rings. The van der Waals surface area contributed by atoms with E-state index in [0.717, 1.165) is 45.9 Å². The van der Waals surface area contributed by atoms with Crippen LogP contribution < -0.4 is 10.2 Å². The van der Waals surface area contributed by atoms with Crippen LogP contribution in [0.3, 0.4) is 0 Å². The van der Waals surface area contributed by atoms with Crippen molar-refractivity contribution in [3.05, 3.63) is 46.6 Å². The Labute approximate surface area is 150 Å². The first kappa shape index (κ1) is 16.0. The lowest BCUT2D eigenvalue weighted by Gasteiger charge is -2.11. The Kier molecular flexibility index (Phi) is 4.36. The number of benzene rings is 1. The van der Waals surface area contributed by atoms with Gasteiger partial charge < -0.3 is 4.74 Å². The Morgan fingerprint density at radius 1 is 1.16 bits per heavy atom. The quantitative estimate of drug-likeness (QED) is 0.558. The molecule has 6 heteroatoms. The fraction of sp³-hybridized carbons (Fsp3) is 0.316. The van der Waals surface area contributed by atoms with Crippen molar-refractivity contribution < 1.29 is 4.74 Å². The number of hydrogen-bond acceptors (Lipinski definition) is 6. The molecule has 1 N–H and O–H groups in total. The number of aryl methyl sites for hydroxylation is 2. The number of anilines is 1. The Morgan fingerprint density at radius 2 is 1.96 bits per heavy atom. The van der Waals surface area contributed by atoms with Gasteiger partial charge >= 0.3 is 0 Å². The van der Waals surface area contributed by atoms with Crippen LogP contribution >= 0.6 is 11.3 Å². The van der Waals surface area contributed by atoms with E-state index in [1.165, 1.54) is 23.3 Å². The Hall–Kier alpha value is -2.47. The van der Waals surface area contributed by atoms with E-state index in [2.05, 4.69) is 20.5 Å². The van der Waals surface area contributed by atoms with Crippen LogP contribution in [0.1, 0.15) is 35.8 Å². The first-order valence-electron chi connectivity index (χ1n) is 8.46. The molecule has 2 heterocycles. The number of rotatable bonds is 4. The predicted molar refractivity (Wildman–Crippen MR) is 103 cm³/mol. The van der Waals surface area contributed by atoms with Crippen molar-refractivity contribution in [2.45, 2.75) is 32.6 Å². The number of thiophene rings is 1. The molecule has 3 aromatic rings. The second-order valence-corrected chi connectivity index (χ2v) is 7.23. The van der Waals surface area contributed by atoms with Crippen LogP contribution in [-0.2, 0) is 12.8 Å². The molecule has 4 rings (SSSR count). The number of nitrogens with one attached hydrogen (secondary N) is 1. The van der Waals surface area contributed by atoms with Gasteiger partial charge in [0, 0.05) is 4.88 Å². The Morgan fingerprint density at radius 3 is 2.76 bits per heavy atom. The molecule has 0 saturated carbocycles. The van der Waals surface area contributed by atoms with Crippen molar-refractivity contribution in [1.82, 2.24) is 9.97 Å². The molecule has 128 valence electrons. The van der Waals surface area contributed by atoms with Gasteiger partial charge in [-0.3, -0.25) is 5.43 Å². The second-order valence-electron chi connectivity index (χ2n) is 6.15. The largest absolute Gasteiger partial charge is 0.497 e. The maximum atomic E-state index is 5.20. The summed E-state index contributed by atoms with van der Waals surface area (Å²) in [7, 11) is 1.67. The number of hydrogen-bond donors (Lipinski definition) is 1. The molecular weight excluding hydrogens is 332 g/mol. The van der Waals surface area contributed by atoms with Gasteiger partial charge in [-0.15, -0.1) is 11.3 Å². The molecule has 1 aromatic carbocycles. The smallest absolute Gasteiger partial charge is 0.158 e. The highest BCUT2D eigenvalue weighted by Gasteiger charge is 2.19. The zero-order valence-electron chi connectivity index (χ0n) is 14.4. The minimum absolute atomic E-state index is 0.803. The number of hydrazone groups is 1. The summed E-state index contributed by atoms with van der Waals surface area (Å²) in [5.41, 5.74) is 6.52. The summed E-state index contributed by atoms with van der Waals surface area (Å²) in [6, 6.07) is 7.88. The summed E-state index contributed by atoms with van der Waals surface area (Å²) in [4.78, 5) is 11.4. The number of nitrogens with zero attached hydrogens (tertiary/aromatic N) is 3. The van der Waals surface area contributed by atoms with Crippen molar-refractivity contribution in [2.75, 3.05) is 12.5 Å². The zero-order valence-corrected chi connectivity index (χ0v) is 15.2. The molecule has 5 nitrogen and oxygen atoms in total. The number of ether oxygens (including phenoxy) is 1. The summed E-state index contributed by atoms with van der Waals surface area (Å²) >= 11 is 1.80. The molecule has 25 heavy (non-hydrogen) atoms. The van der Waals surface area contributed by atoms with Crippen LogP contribution in [0.5, 0.6) is 5.75 Å². The van der Waals surface area contributed by atoms with Crippen LogP contribution in [0, 0.1) is 0 Å². The first-order valence-corrected chi connectivity index (χ1v) is 9.28. The lowest BCUT2D eigenvalue weighted by atomic mass is 9.97. The van der Waals surface area contributed by atoms with Gasteiger partial charge in [0.1, 0.15) is 16.9 Å². The van der Waals surface area contributed by atoms with Crippen LogP contribution in [0.15, 0.2) is 35.7 Å². The third-order valence-electron chi connectivity index (χ3n) is 4.59. The molecule has 0 saturated heterocycles. The molecule has 0 atom stereocenters. The Balaban J connectivity index is 1.64. The minimum atomic E-state index is 0.803. The molecule has 0 bridgehead atoms. The average molecular weight is 352 g/mol. The summed E-state index contributed by atoms with van der Waals surface area (Å²) in [6.07, 6.45) is 6.39. The van der Waals surface area contributed by atoms with E-state index in [4.69, 9.17) is 4.74 Å². The molecule has 2 aromatic heterocycles. The van der Waals surface area contributed by atoms with Crippen molar-refractivity contribution in [3.8, 4) is 5.75 Å². The highest BCUT2D eigenvalue weighted by atomic mass is 32.1. The van der Waals surface area contributed by atoms with E-state index < -0.39 is 0 Å². The van der Waals surface area contributed by atoms with E-state index in [1.54, 1.807) is 24.8 Å². The maximum Gasteiger partial charge on any atom is 0.158 e. The molecule has 0 unspecified atom stereocenters. The molecule has 0 aliphatic heterocycles. The maximum absolute atomic E-state index is 5.20. The fourth-order valence-corrected chi connectivity index (χ4v) is 4.44. The van der Waals surface area contributed by atoms with Gasteiger partial charge in [-0.25, -0.2) is 9.97 Å². The lowest BCUT2D eigenvalue weighted by Crippen LogP contribution is -2.03. The normalized spacial score (nSPS) is 14.4. The van der Waals surface area contributed by atoms with E-state index >= 15 is 0 Å². The van der Waals surface area contributed by atoms with Crippen LogP contribution in [0.4, 0.5) is 5.82 Å². The average Bonchev–Trinajstić information content (AvgIpc) is 3.05. The minimum Gasteiger partial charge on any atom is -0.497 e. The van der Waals surface area contributed by atoms with Gasteiger partial charge in [-0.2, -0.15) is 5.10 Å². The van der Waals surface area contributed by atoms with E-state index in [-0.39, 0.29) is 0 Å². The standard InChI is InChI=1S/C19H20N4OS/c1-12(13-7-9-14(24-2)10-8-13)22-23-18-17-15-5-3-4-6-16(15)25-19(17)21-11-20-18/h7-11H,3-6H2,1-2H3,(H,20,21,23). The molecule has 1 aliphatic carbocycles. The number of fused-ring (bicyclic) bond motifs is 3. The molecule has 0 radical (unpaired) electrons. The lowest BCUT2D eigenvalue weighted by molar-refractivity contribution is 0.415. The highest BCUT2D eigenvalue weighted by Crippen LogP contribution is 2.38. The Bertz CT molecular complexity index is 930. The van der Waals surface area contributed by atoms with Crippen molar-refractivity contribution >= 4 is 33.1 Å². The van der Waals surface area contributed by atoms with Gasteiger partial charge in [0.25, 0.3) is 0 Å². The number of methoxy groups -OCH3 is 1. The van der Waals surface area contributed by atoms with E-state index in [1.807, 2.05) is 31.2 Å². The number of aromatic nitrogens is 2. The third-order valence-corrected chi connectivity index (χ3v) is 5.79. The summed E-state index contributed by atoms with van der Waals surface area (Å²) in [5.74, 6) is 1.64. The van der Waals surface area contributed by atoms with Crippen molar-refractivity contribution in [1.29, 1.82) is 0 Å². The van der Waals surface area contributed by atoms with E-state index in [0.29, 0.717) is 0 Å². The van der Waals surface area contributed by atoms with Crippen molar-refractivity contribution in [3.63, 3.8) is 0 Å². The highest BCUT2D eigenvalue weighted by molar-refractivity contribution is 7.19. The molecule has 0 amide bonds. The topological polar surface area (TPSA) is 59.4 Å². The SMILES string of the molecule is COc1ccc(C(C)=NNc2ncnc3sc4c(c23)CCCC4)cc1. The van der Waals surface area contributed by atoms with E-state index in [9.17, 15) is 0 Å². The van der Waals surface area contributed by atoms with Crippen molar-refractivity contribution in [2.24, 2.45) is 5.10 Å². The van der Waals surface area contributed by atoms with Gasteiger partial charge in [-0.05, 0) is 68.0 Å². The van der Waals surface area contributed by atoms with Gasteiger partial charge in [0.15, 0.2) is 5.82 Å². The van der Waals surface area contributed by atoms with Gasteiger partial charge in [0.2, 0.25) is 0 Å². The molecular formula is C19H20N4OS. The summed E-state index contributed by atoms with van der Waals surface area (Å²) < 4.78 is 5.20.